The fraction of sp³-hybridized carbons (Fsp3) is 0.667. The Bertz CT molecular complexity index is 403. The summed E-state index contributed by atoms with van der Waals surface area (Å²) in [5.74, 6) is 2.02. The van der Waals surface area contributed by atoms with Gasteiger partial charge in [-0.2, -0.15) is 0 Å². The van der Waals surface area contributed by atoms with Crippen molar-refractivity contribution in [2.75, 3.05) is 13.1 Å². The van der Waals surface area contributed by atoms with E-state index in [-0.39, 0.29) is 0 Å². The van der Waals surface area contributed by atoms with Gasteiger partial charge in [0.05, 0.1) is 0 Å². The second kappa shape index (κ2) is 6.73. The molecule has 0 aromatic heterocycles. The fourth-order valence-electron chi connectivity index (χ4n) is 3.80. The lowest BCUT2D eigenvalue weighted by atomic mass is 9.82. The summed E-state index contributed by atoms with van der Waals surface area (Å²) in [7, 11) is 0. The Hall–Kier alpha value is -0.860. The summed E-state index contributed by atoms with van der Waals surface area (Å²) in [5.41, 5.74) is 7.56. The van der Waals surface area contributed by atoms with E-state index in [2.05, 4.69) is 62.9 Å². The smallest absolute Gasteiger partial charge is 0.0287 e. The minimum absolute atomic E-state index is 0.442. The first kappa shape index (κ1) is 15.5. The van der Waals surface area contributed by atoms with Crippen LogP contribution in [0.5, 0.6) is 0 Å². The van der Waals surface area contributed by atoms with Gasteiger partial charge in [0.1, 0.15) is 0 Å². The van der Waals surface area contributed by atoms with E-state index in [1.807, 2.05) is 0 Å². The van der Waals surface area contributed by atoms with Gasteiger partial charge in [-0.3, -0.25) is 4.90 Å². The molecule has 1 aliphatic heterocycles. The fourth-order valence-corrected chi connectivity index (χ4v) is 3.80. The highest BCUT2D eigenvalue weighted by atomic mass is 15.2. The first-order valence-corrected chi connectivity index (χ1v) is 8.05. The third-order valence-corrected chi connectivity index (χ3v) is 5.21. The lowest BCUT2D eigenvalue weighted by molar-refractivity contribution is 0.0346. The van der Waals surface area contributed by atoms with Crippen LogP contribution in [0, 0.1) is 11.8 Å². The molecule has 20 heavy (non-hydrogen) atoms. The maximum absolute atomic E-state index is 6.15. The Labute approximate surface area is 124 Å². The van der Waals surface area contributed by atoms with Gasteiger partial charge in [-0.05, 0) is 36.7 Å². The number of nitrogens with two attached hydrogens (primary N) is 1. The van der Waals surface area contributed by atoms with E-state index in [1.54, 1.807) is 0 Å². The summed E-state index contributed by atoms with van der Waals surface area (Å²) in [6.45, 7) is 11.4. The molecule has 2 heteroatoms. The molecule has 2 nitrogen and oxygen atoms in total. The van der Waals surface area contributed by atoms with Crippen molar-refractivity contribution in [1.29, 1.82) is 0 Å². The minimum atomic E-state index is 0.442. The van der Waals surface area contributed by atoms with Gasteiger partial charge < -0.3 is 5.73 Å². The third kappa shape index (κ3) is 3.24. The van der Waals surface area contributed by atoms with Gasteiger partial charge in [0.25, 0.3) is 0 Å². The summed E-state index contributed by atoms with van der Waals surface area (Å²) in [6.07, 6.45) is 1.34. The normalized spacial score (nSPS) is 30.9. The van der Waals surface area contributed by atoms with Gasteiger partial charge in [0.15, 0.2) is 0 Å². The van der Waals surface area contributed by atoms with E-state index >= 15 is 0 Å². The molecule has 1 aromatic carbocycles. The molecular weight excluding hydrogens is 244 g/mol. The predicted octanol–water partition coefficient (Wildman–Crippen LogP) is 3.48. The Morgan fingerprint density at radius 2 is 1.85 bits per heavy atom. The standard InChI is InChI=1S/C18H30N2/c1-13-10-14(2)16(4)20(12-13)18(11-19)15(3)17-8-6-5-7-9-17/h5-9,13-16,18H,10-12,19H2,1-4H3. The van der Waals surface area contributed by atoms with Crippen LogP contribution in [0.2, 0.25) is 0 Å². The van der Waals surface area contributed by atoms with Gasteiger partial charge in [-0.25, -0.2) is 0 Å². The largest absolute Gasteiger partial charge is 0.329 e. The number of likely N-dealkylation sites (tertiary alicyclic amines) is 1. The SMILES string of the molecule is CC1CC(C)C(C)N(C(CN)C(C)c2ccccc2)C1. The summed E-state index contributed by atoms with van der Waals surface area (Å²) in [5, 5.41) is 0. The van der Waals surface area contributed by atoms with Crippen LogP contribution in [-0.4, -0.2) is 30.1 Å². The Morgan fingerprint density at radius 3 is 2.45 bits per heavy atom. The third-order valence-electron chi connectivity index (χ3n) is 5.21. The molecule has 0 radical (unpaired) electrons. The second-order valence-corrected chi connectivity index (χ2v) is 6.76. The van der Waals surface area contributed by atoms with Crippen molar-refractivity contribution >= 4 is 0 Å². The molecule has 1 saturated heterocycles. The van der Waals surface area contributed by atoms with Crippen molar-refractivity contribution < 1.29 is 0 Å². The lowest BCUT2D eigenvalue weighted by Crippen LogP contribution is -2.54. The van der Waals surface area contributed by atoms with Crippen LogP contribution in [0.1, 0.15) is 45.6 Å². The maximum atomic E-state index is 6.15. The molecule has 1 heterocycles. The highest BCUT2D eigenvalue weighted by Gasteiger charge is 2.35. The van der Waals surface area contributed by atoms with Crippen LogP contribution < -0.4 is 5.73 Å². The molecule has 0 saturated carbocycles. The van der Waals surface area contributed by atoms with E-state index in [1.165, 1.54) is 18.5 Å². The van der Waals surface area contributed by atoms with Gasteiger partial charge in [-0.15, -0.1) is 0 Å². The zero-order chi connectivity index (χ0) is 14.7. The highest BCUT2D eigenvalue weighted by molar-refractivity contribution is 5.21. The van der Waals surface area contributed by atoms with E-state index in [0.29, 0.717) is 18.0 Å². The van der Waals surface area contributed by atoms with Crippen molar-refractivity contribution in [1.82, 2.24) is 4.90 Å². The molecule has 2 N–H and O–H groups in total. The number of hydrogen-bond donors (Lipinski definition) is 1. The minimum Gasteiger partial charge on any atom is -0.329 e. The zero-order valence-corrected chi connectivity index (χ0v) is 13.4. The summed E-state index contributed by atoms with van der Waals surface area (Å²) in [6, 6.07) is 11.9. The molecule has 112 valence electrons. The van der Waals surface area contributed by atoms with Crippen LogP contribution in [0.15, 0.2) is 30.3 Å². The number of rotatable bonds is 4. The summed E-state index contributed by atoms with van der Waals surface area (Å²) < 4.78 is 0. The molecule has 1 fully saturated rings. The molecule has 0 amide bonds. The molecule has 5 atom stereocenters. The van der Waals surface area contributed by atoms with Crippen molar-refractivity contribution in [2.45, 2.75) is 52.1 Å². The molecule has 1 aliphatic rings. The molecule has 0 spiro atoms. The monoisotopic (exact) mass is 274 g/mol. The van der Waals surface area contributed by atoms with Gasteiger partial charge in [-0.1, -0.05) is 51.1 Å². The molecule has 2 rings (SSSR count). The van der Waals surface area contributed by atoms with Crippen LogP contribution in [-0.2, 0) is 0 Å². The zero-order valence-electron chi connectivity index (χ0n) is 13.4. The Kier molecular flexibility index (Phi) is 5.22. The summed E-state index contributed by atoms with van der Waals surface area (Å²) >= 11 is 0. The Balaban J connectivity index is 2.18. The molecule has 0 aliphatic carbocycles. The van der Waals surface area contributed by atoms with Crippen LogP contribution in [0.4, 0.5) is 0 Å². The van der Waals surface area contributed by atoms with Crippen molar-refractivity contribution in [2.24, 2.45) is 17.6 Å². The quantitative estimate of drug-likeness (QED) is 0.910. The van der Waals surface area contributed by atoms with Crippen molar-refractivity contribution in [3.8, 4) is 0 Å². The lowest BCUT2D eigenvalue weighted by Gasteiger charge is -2.47. The van der Waals surface area contributed by atoms with Crippen LogP contribution in [0.25, 0.3) is 0 Å². The van der Waals surface area contributed by atoms with Crippen molar-refractivity contribution in [3.05, 3.63) is 35.9 Å². The van der Waals surface area contributed by atoms with Crippen LogP contribution >= 0.6 is 0 Å². The van der Waals surface area contributed by atoms with Crippen molar-refractivity contribution in [3.63, 3.8) is 0 Å². The first-order valence-electron chi connectivity index (χ1n) is 8.05. The number of hydrogen-bond acceptors (Lipinski definition) is 2. The maximum Gasteiger partial charge on any atom is 0.0287 e. The molecule has 0 bridgehead atoms. The summed E-state index contributed by atoms with van der Waals surface area (Å²) in [4.78, 5) is 2.66. The molecular formula is C18H30N2. The van der Waals surface area contributed by atoms with E-state index in [0.717, 1.165) is 18.4 Å². The van der Waals surface area contributed by atoms with E-state index in [9.17, 15) is 0 Å². The molecule has 5 unspecified atom stereocenters. The van der Waals surface area contributed by atoms with E-state index < -0.39 is 0 Å². The number of nitrogens with zero attached hydrogens (tertiary/aromatic N) is 1. The highest BCUT2D eigenvalue weighted by Crippen LogP contribution is 2.32. The average molecular weight is 274 g/mol. The van der Waals surface area contributed by atoms with E-state index in [4.69, 9.17) is 5.73 Å². The number of benzene rings is 1. The predicted molar refractivity (Wildman–Crippen MR) is 86.8 cm³/mol. The van der Waals surface area contributed by atoms with Gasteiger partial charge in [0.2, 0.25) is 0 Å². The average Bonchev–Trinajstić information content (AvgIpc) is 2.45. The second-order valence-electron chi connectivity index (χ2n) is 6.76. The number of piperidine rings is 1. The van der Waals surface area contributed by atoms with Gasteiger partial charge >= 0.3 is 0 Å². The van der Waals surface area contributed by atoms with Gasteiger partial charge in [0, 0.05) is 25.2 Å². The molecule has 1 aromatic rings. The Morgan fingerprint density at radius 1 is 1.20 bits per heavy atom. The first-order chi connectivity index (χ1) is 9.54. The topological polar surface area (TPSA) is 29.3 Å². The van der Waals surface area contributed by atoms with Crippen LogP contribution in [0.3, 0.4) is 0 Å².